The monoisotopic (exact) mass is 564 g/mol. The standard InChI is InChI=1S/C27H33BrO8/c1-15(28)13-18(32-26(30)16-5-3-2-4-6-16)9-11-27-14-20-22(35-27)23-24(34-20)25(36-27)21-19(33-23)8-7-17(31-21)10-12-29/h2-6,17-25,29H,1,7-14H2/t17?,18-,19-,20+,21-,22-,23-,24+,25?,27-/m0/s1. The molecular formula is C27H33BrO8. The number of fused-ring (bicyclic) bond motifs is 1. The van der Waals surface area contributed by atoms with Gasteiger partial charge in [-0.15, -0.1) is 0 Å². The molecule has 2 unspecified atom stereocenters. The summed E-state index contributed by atoms with van der Waals surface area (Å²) in [4.78, 5) is 12.7. The lowest BCUT2D eigenvalue weighted by molar-refractivity contribution is -0.293. The first kappa shape index (κ1) is 25.0. The van der Waals surface area contributed by atoms with Crippen molar-refractivity contribution in [1.29, 1.82) is 0 Å². The Balaban J connectivity index is 1.18. The van der Waals surface area contributed by atoms with Crippen LogP contribution in [0.4, 0.5) is 0 Å². The first-order valence-electron chi connectivity index (χ1n) is 13.0. The van der Waals surface area contributed by atoms with Gasteiger partial charge in [-0.1, -0.05) is 40.7 Å². The van der Waals surface area contributed by atoms with Gasteiger partial charge in [0.05, 0.1) is 23.9 Å². The molecule has 1 N–H and O–H groups in total. The number of hydrogen-bond acceptors (Lipinski definition) is 8. The Hall–Kier alpha value is -1.33. The van der Waals surface area contributed by atoms with Crippen LogP contribution in [0.3, 0.4) is 0 Å². The van der Waals surface area contributed by atoms with E-state index in [-0.39, 0.29) is 67.5 Å². The average Bonchev–Trinajstić information content (AvgIpc) is 3.28. The van der Waals surface area contributed by atoms with Crippen LogP contribution in [0, 0.1) is 0 Å². The summed E-state index contributed by atoms with van der Waals surface area (Å²) in [6.45, 7) is 4.05. The van der Waals surface area contributed by atoms with Crippen LogP contribution in [0.2, 0.25) is 0 Å². The van der Waals surface area contributed by atoms with E-state index in [0.717, 1.165) is 17.3 Å². The Kier molecular flexibility index (Phi) is 7.00. The molecule has 0 aliphatic carbocycles. The predicted molar refractivity (Wildman–Crippen MR) is 132 cm³/mol. The van der Waals surface area contributed by atoms with Gasteiger partial charge >= 0.3 is 5.97 Å². The van der Waals surface area contributed by atoms with Crippen LogP contribution in [-0.4, -0.2) is 78.4 Å². The number of carbonyl (C=O) groups is 1. The van der Waals surface area contributed by atoms with E-state index in [1.54, 1.807) is 12.1 Å². The first-order valence-corrected chi connectivity index (χ1v) is 13.8. The van der Waals surface area contributed by atoms with E-state index in [0.29, 0.717) is 37.7 Å². The maximum absolute atomic E-state index is 12.7. The maximum atomic E-state index is 12.7. The molecule has 6 aliphatic rings. The normalized spacial score (nSPS) is 40.9. The van der Waals surface area contributed by atoms with Crippen molar-refractivity contribution in [2.45, 2.75) is 106 Å². The van der Waals surface area contributed by atoms with Crippen LogP contribution in [0.1, 0.15) is 55.3 Å². The van der Waals surface area contributed by atoms with Crippen molar-refractivity contribution in [3.63, 3.8) is 0 Å². The molecule has 0 saturated carbocycles. The van der Waals surface area contributed by atoms with Crippen molar-refractivity contribution in [2.24, 2.45) is 0 Å². The van der Waals surface area contributed by atoms with Gasteiger partial charge in [-0.2, -0.15) is 0 Å². The molecule has 36 heavy (non-hydrogen) atoms. The molecule has 6 aliphatic heterocycles. The van der Waals surface area contributed by atoms with Crippen LogP contribution in [0.15, 0.2) is 41.4 Å². The Labute approximate surface area is 219 Å². The van der Waals surface area contributed by atoms with Gasteiger partial charge in [0.15, 0.2) is 5.79 Å². The van der Waals surface area contributed by atoms with E-state index in [9.17, 15) is 9.90 Å². The molecule has 7 rings (SSSR count). The van der Waals surface area contributed by atoms with E-state index in [1.165, 1.54) is 0 Å². The molecular weight excluding hydrogens is 532 g/mol. The highest BCUT2D eigenvalue weighted by atomic mass is 79.9. The predicted octanol–water partition coefficient (Wildman–Crippen LogP) is 3.64. The minimum atomic E-state index is -0.847. The number of rotatable bonds is 9. The van der Waals surface area contributed by atoms with E-state index in [2.05, 4.69) is 22.5 Å². The van der Waals surface area contributed by atoms with E-state index >= 15 is 0 Å². The summed E-state index contributed by atoms with van der Waals surface area (Å²) in [7, 11) is 0. The van der Waals surface area contributed by atoms with Crippen molar-refractivity contribution >= 4 is 21.9 Å². The number of aliphatic hydroxyl groups is 1. The van der Waals surface area contributed by atoms with Crippen LogP contribution >= 0.6 is 15.9 Å². The summed E-state index contributed by atoms with van der Waals surface area (Å²) < 4.78 is 39.2. The van der Waals surface area contributed by atoms with Gasteiger partial charge in [-0.3, -0.25) is 0 Å². The van der Waals surface area contributed by atoms with E-state index in [4.69, 9.17) is 28.4 Å². The second-order valence-electron chi connectivity index (χ2n) is 10.5. The minimum absolute atomic E-state index is 0.0148. The highest BCUT2D eigenvalue weighted by molar-refractivity contribution is 9.11. The Morgan fingerprint density at radius 3 is 2.58 bits per heavy atom. The second-order valence-corrected chi connectivity index (χ2v) is 11.6. The number of aliphatic hydroxyl groups excluding tert-OH is 1. The van der Waals surface area contributed by atoms with Crippen molar-refractivity contribution in [3.05, 3.63) is 47.0 Å². The molecule has 6 fully saturated rings. The fraction of sp³-hybridized carbons (Fsp3) is 0.667. The van der Waals surface area contributed by atoms with Crippen LogP contribution < -0.4 is 0 Å². The summed E-state index contributed by atoms with van der Waals surface area (Å²) in [5, 5.41) is 9.42. The Morgan fingerprint density at radius 2 is 1.81 bits per heavy atom. The molecule has 6 heterocycles. The number of hydrogen-bond donors (Lipinski definition) is 1. The van der Waals surface area contributed by atoms with Crippen molar-refractivity contribution in [1.82, 2.24) is 0 Å². The van der Waals surface area contributed by atoms with Gasteiger partial charge in [0, 0.05) is 25.9 Å². The first-order chi connectivity index (χ1) is 17.4. The number of carbonyl (C=O) groups excluding carboxylic acids is 1. The van der Waals surface area contributed by atoms with Gasteiger partial charge in [0.1, 0.15) is 36.6 Å². The molecule has 0 radical (unpaired) electrons. The molecule has 10 atom stereocenters. The smallest absolute Gasteiger partial charge is 0.338 e. The minimum Gasteiger partial charge on any atom is -0.458 e. The Morgan fingerprint density at radius 1 is 1.06 bits per heavy atom. The SMILES string of the molecule is C=C(Br)C[C@H](CC[C@@]12C[C@H]3O[C@H]4C(O1)[C@H]1OC(CCO)CC[C@@H]1O[C@H]4[C@H]3O2)OC(=O)c1ccccc1. The zero-order valence-electron chi connectivity index (χ0n) is 20.1. The third kappa shape index (κ3) is 4.68. The van der Waals surface area contributed by atoms with Crippen LogP contribution in [0.25, 0.3) is 0 Å². The third-order valence-electron chi connectivity index (χ3n) is 8.06. The van der Waals surface area contributed by atoms with Gasteiger partial charge in [0.25, 0.3) is 0 Å². The molecule has 1 aromatic carbocycles. The van der Waals surface area contributed by atoms with Crippen LogP contribution in [0.5, 0.6) is 0 Å². The summed E-state index contributed by atoms with van der Waals surface area (Å²) in [6.07, 6.45) is 2.84. The summed E-state index contributed by atoms with van der Waals surface area (Å²) >= 11 is 3.43. The quantitative estimate of drug-likeness (QED) is 0.454. The lowest BCUT2D eigenvalue weighted by Gasteiger charge is -2.47. The fourth-order valence-electron chi connectivity index (χ4n) is 6.46. The van der Waals surface area contributed by atoms with Gasteiger partial charge in [0.2, 0.25) is 0 Å². The van der Waals surface area contributed by atoms with Crippen molar-refractivity contribution in [2.75, 3.05) is 6.61 Å². The van der Waals surface area contributed by atoms with Gasteiger partial charge in [-0.05, 0) is 42.3 Å². The number of esters is 1. The molecule has 6 bridgehead atoms. The molecule has 0 spiro atoms. The summed E-state index contributed by atoms with van der Waals surface area (Å²) in [5.41, 5.74) is 0.516. The van der Waals surface area contributed by atoms with Gasteiger partial charge < -0.3 is 33.5 Å². The molecule has 196 valence electrons. The maximum Gasteiger partial charge on any atom is 0.338 e. The largest absolute Gasteiger partial charge is 0.458 e. The molecule has 8 nitrogen and oxygen atoms in total. The Bertz CT molecular complexity index is 974. The highest BCUT2D eigenvalue weighted by Crippen LogP contribution is 2.54. The lowest BCUT2D eigenvalue weighted by Crippen LogP contribution is -2.61. The second kappa shape index (κ2) is 10.1. The van der Waals surface area contributed by atoms with E-state index < -0.39 is 5.79 Å². The lowest BCUT2D eigenvalue weighted by atomic mass is 9.87. The topological polar surface area (TPSA) is 92.7 Å². The van der Waals surface area contributed by atoms with Crippen molar-refractivity contribution in [3.8, 4) is 0 Å². The highest BCUT2D eigenvalue weighted by Gasteiger charge is 2.68. The molecule has 0 amide bonds. The summed E-state index contributed by atoms with van der Waals surface area (Å²) in [5.74, 6) is -1.21. The fourth-order valence-corrected chi connectivity index (χ4v) is 6.82. The van der Waals surface area contributed by atoms with Crippen molar-refractivity contribution < 1.29 is 38.3 Å². The number of halogens is 1. The number of ether oxygens (including phenoxy) is 6. The zero-order valence-corrected chi connectivity index (χ0v) is 21.7. The summed E-state index contributed by atoms with van der Waals surface area (Å²) in [6, 6.07) is 8.99. The zero-order chi connectivity index (χ0) is 24.9. The van der Waals surface area contributed by atoms with E-state index in [1.807, 2.05) is 18.2 Å². The number of benzene rings is 1. The van der Waals surface area contributed by atoms with Crippen LogP contribution in [-0.2, 0) is 28.4 Å². The van der Waals surface area contributed by atoms with Gasteiger partial charge in [-0.25, -0.2) is 4.79 Å². The third-order valence-corrected chi connectivity index (χ3v) is 8.38. The molecule has 0 aromatic heterocycles. The molecule has 6 saturated heterocycles. The molecule has 9 heteroatoms. The average molecular weight is 565 g/mol. The molecule has 1 aromatic rings.